The highest BCUT2D eigenvalue weighted by Crippen LogP contribution is 2.35. The quantitative estimate of drug-likeness (QED) is 0.535. The third kappa shape index (κ3) is 3.39. The number of carbonyl (C=O) groups excluding carboxylic acids is 2. The van der Waals surface area contributed by atoms with Crippen LogP contribution in [0.2, 0.25) is 0 Å². The van der Waals surface area contributed by atoms with E-state index >= 15 is 0 Å². The van der Waals surface area contributed by atoms with Crippen LogP contribution in [0.15, 0.2) is 12.7 Å². The molecule has 5 nitrogen and oxygen atoms in total. The first-order valence-electron chi connectivity index (χ1n) is 7.48. The van der Waals surface area contributed by atoms with Crippen molar-refractivity contribution in [3.05, 3.63) is 12.7 Å². The summed E-state index contributed by atoms with van der Waals surface area (Å²) in [5.74, 6) is 0.384. The Labute approximate surface area is 120 Å². The number of nitrogens with one attached hydrogen (secondary N) is 1. The van der Waals surface area contributed by atoms with Gasteiger partial charge in [0.05, 0.1) is 13.2 Å². The Bertz CT molecular complexity index is 379. The van der Waals surface area contributed by atoms with E-state index in [1.807, 2.05) is 6.92 Å². The van der Waals surface area contributed by atoms with E-state index in [9.17, 15) is 9.59 Å². The minimum absolute atomic E-state index is 0.0184. The fraction of sp³-hybridized carbons (Fsp3) is 0.733. The van der Waals surface area contributed by atoms with Gasteiger partial charge in [-0.25, -0.2) is 0 Å². The van der Waals surface area contributed by atoms with Gasteiger partial charge in [-0.3, -0.25) is 9.59 Å². The maximum Gasteiger partial charge on any atom is 0.246 e. The molecule has 2 rings (SSSR count). The van der Waals surface area contributed by atoms with Crippen LogP contribution in [-0.2, 0) is 14.3 Å². The van der Waals surface area contributed by atoms with E-state index < -0.39 is 0 Å². The third-order valence-corrected chi connectivity index (χ3v) is 3.95. The smallest absolute Gasteiger partial charge is 0.246 e. The Morgan fingerprint density at radius 1 is 1.40 bits per heavy atom. The van der Waals surface area contributed by atoms with Gasteiger partial charge in [-0.1, -0.05) is 13.0 Å². The van der Waals surface area contributed by atoms with Gasteiger partial charge in [0, 0.05) is 6.54 Å². The summed E-state index contributed by atoms with van der Waals surface area (Å²) in [5, 5.41) is 2.89. The Morgan fingerprint density at radius 3 is 2.75 bits per heavy atom. The molecule has 1 aliphatic carbocycles. The summed E-state index contributed by atoms with van der Waals surface area (Å²) in [6, 6.07) is -0.654. The fourth-order valence-corrected chi connectivity index (χ4v) is 2.64. The molecule has 5 heteroatoms. The van der Waals surface area contributed by atoms with Crippen molar-refractivity contribution in [2.75, 3.05) is 19.8 Å². The lowest BCUT2D eigenvalue weighted by Gasteiger charge is -2.38. The number of hydrogen-bond donors (Lipinski definition) is 1. The monoisotopic (exact) mass is 280 g/mol. The highest BCUT2D eigenvalue weighted by Gasteiger charge is 2.46. The average molecular weight is 280 g/mol. The second kappa shape index (κ2) is 6.88. The van der Waals surface area contributed by atoms with Crippen LogP contribution in [0.3, 0.4) is 0 Å². The van der Waals surface area contributed by atoms with Gasteiger partial charge in [0.15, 0.2) is 0 Å². The van der Waals surface area contributed by atoms with E-state index in [4.69, 9.17) is 4.74 Å². The van der Waals surface area contributed by atoms with Gasteiger partial charge in [0.25, 0.3) is 0 Å². The van der Waals surface area contributed by atoms with E-state index in [1.54, 1.807) is 11.0 Å². The molecule has 0 spiro atoms. The van der Waals surface area contributed by atoms with Gasteiger partial charge in [0.2, 0.25) is 11.8 Å². The zero-order chi connectivity index (χ0) is 14.5. The molecular weight excluding hydrogens is 256 g/mol. The molecule has 0 aromatic heterocycles. The molecule has 2 amide bonds. The Kier molecular flexibility index (Phi) is 5.17. The highest BCUT2D eigenvalue weighted by molar-refractivity contribution is 5.97. The summed E-state index contributed by atoms with van der Waals surface area (Å²) >= 11 is 0. The lowest BCUT2D eigenvalue weighted by molar-refractivity contribution is -0.150. The summed E-state index contributed by atoms with van der Waals surface area (Å²) in [6.45, 7) is 7.14. The molecule has 1 saturated heterocycles. The minimum atomic E-state index is -0.347. The van der Waals surface area contributed by atoms with E-state index in [-0.39, 0.29) is 23.9 Å². The van der Waals surface area contributed by atoms with Gasteiger partial charge < -0.3 is 15.0 Å². The van der Waals surface area contributed by atoms with Crippen molar-refractivity contribution in [1.29, 1.82) is 0 Å². The fourth-order valence-electron chi connectivity index (χ4n) is 2.64. The molecule has 2 unspecified atom stereocenters. The first-order valence-corrected chi connectivity index (χ1v) is 7.48. The van der Waals surface area contributed by atoms with Crippen LogP contribution in [0.5, 0.6) is 0 Å². The van der Waals surface area contributed by atoms with Crippen LogP contribution in [-0.4, -0.2) is 48.6 Å². The van der Waals surface area contributed by atoms with Gasteiger partial charge in [-0.2, -0.15) is 0 Å². The maximum atomic E-state index is 12.5. The SMILES string of the molecule is C=CCCOCCN1C(=O)C(C2CC2)NC(=O)C1CC. The summed E-state index contributed by atoms with van der Waals surface area (Å²) in [6.07, 6.45) is 5.32. The van der Waals surface area contributed by atoms with Crippen molar-refractivity contribution >= 4 is 11.8 Å². The molecule has 2 aliphatic rings. The molecule has 0 aromatic rings. The third-order valence-electron chi connectivity index (χ3n) is 3.95. The number of carbonyl (C=O) groups is 2. The first kappa shape index (κ1) is 15.0. The van der Waals surface area contributed by atoms with Crippen molar-refractivity contribution in [2.45, 2.75) is 44.7 Å². The van der Waals surface area contributed by atoms with E-state index in [0.29, 0.717) is 32.1 Å². The van der Waals surface area contributed by atoms with Crippen LogP contribution < -0.4 is 5.32 Å². The summed E-state index contributed by atoms with van der Waals surface area (Å²) in [7, 11) is 0. The van der Waals surface area contributed by atoms with E-state index in [0.717, 1.165) is 19.3 Å². The average Bonchev–Trinajstić information content (AvgIpc) is 3.26. The maximum absolute atomic E-state index is 12.5. The topological polar surface area (TPSA) is 58.6 Å². The molecule has 1 N–H and O–H groups in total. The molecule has 2 fully saturated rings. The van der Waals surface area contributed by atoms with Crippen LogP contribution in [0.1, 0.15) is 32.6 Å². The number of piperazine rings is 1. The molecule has 1 heterocycles. The second-order valence-corrected chi connectivity index (χ2v) is 5.47. The number of nitrogens with zero attached hydrogens (tertiary/aromatic N) is 1. The Balaban J connectivity index is 1.91. The first-order chi connectivity index (χ1) is 9.69. The van der Waals surface area contributed by atoms with Crippen molar-refractivity contribution in [3.63, 3.8) is 0 Å². The molecule has 1 aliphatic heterocycles. The molecule has 0 radical (unpaired) electrons. The minimum Gasteiger partial charge on any atom is -0.379 e. The zero-order valence-electron chi connectivity index (χ0n) is 12.1. The van der Waals surface area contributed by atoms with Gasteiger partial charge in [0.1, 0.15) is 12.1 Å². The van der Waals surface area contributed by atoms with Crippen LogP contribution in [0, 0.1) is 5.92 Å². The van der Waals surface area contributed by atoms with Crippen molar-refractivity contribution in [3.8, 4) is 0 Å². The van der Waals surface area contributed by atoms with Crippen molar-refractivity contribution in [1.82, 2.24) is 10.2 Å². The predicted molar refractivity (Wildman–Crippen MR) is 76.1 cm³/mol. The molecule has 20 heavy (non-hydrogen) atoms. The highest BCUT2D eigenvalue weighted by atomic mass is 16.5. The van der Waals surface area contributed by atoms with Gasteiger partial charge >= 0.3 is 0 Å². The number of ether oxygens (including phenoxy) is 1. The van der Waals surface area contributed by atoms with Crippen LogP contribution >= 0.6 is 0 Å². The predicted octanol–water partition coefficient (Wildman–Crippen LogP) is 1.09. The van der Waals surface area contributed by atoms with E-state index in [1.165, 1.54) is 0 Å². The van der Waals surface area contributed by atoms with Crippen LogP contribution in [0.25, 0.3) is 0 Å². The molecule has 1 saturated carbocycles. The molecule has 2 atom stereocenters. The Hall–Kier alpha value is -1.36. The molecule has 0 bridgehead atoms. The largest absolute Gasteiger partial charge is 0.379 e. The number of hydrogen-bond acceptors (Lipinski definition) is 3. The molecule has 0 aromatic carbocycles. The Morgan fingerprint density at radius 2 is 2.15 bits per heavy atom. The summed E-state index contributed by atoms with van der Waals surface area (Å²) < 4.78 is 5.47. The van der Waals surface area contributed by atoms with Crippen molar-refractivity contribution < 1.29 is 14.3 Å². The van der Waals surface area contributed by atoms with E-state index in [2.05, 4.69) is 11.9 Å². The van der Waals surface area contributed by atoms with Crippen LogP contribution in [0.4, 0.5) is 0 Å². The summed E-state index contributed by atoms with van der Waals surface area (Å²) in [4.78, 5) is 26.3. The van der Waals surface area contributed by atoms with Crippen molar-refractivity contribution in [2.24, 2.45) is 5.92 Å². The lowest BCUT2D eigenvalue weighted by Crippen LogP contribution is -2.64. The summed E-state index contributed by atoms with van der Waals surface area (Å²) in [5.41, 5.74) is 0. The van der Waals surface area contributed by atoms with Gasteiger partial charge in [-0.15, -0.1) is 6.58 Å². The molecule has 112 valence electrons. The number of rotatable bonds is 8. The van der Waals surface area contributed by atoms with Gasteiger partial charge in [-0.05, 0) is 31.6 Å². The zero-order valence-corrected chi connectivity index (χ0v) is 12.1. The lowest BCUT2D eigenvalue weighted by atomic mass is 10.0. The standard InChI is InChI=1S/C15H24N2O3/c1-3-5-9-20-10-8-17-12(4-2)14(18)16-13(15(17)19)11-6-7-11/h3,11-13H,1,4-10H2,2H3,(H,16,18). The second-order valence-electron chi connectivity index (χ2n) is 5.47. The normalized spacial score (nSPS) is 26.6. The number of amides is 2. The molecular formula is C15H24N2O3.